The Kier molecular flexibility index (Phi) is 5.42. The van der Waals surface area contributed by atoms with E-state index in [9.17, 15) is 4.79 Å². The number of carbonyl (C=O) groups is 1. The molecule has 2 heterocycles. The van der Waals surface area contributed by atoms with Crippen LogP contribution in [0.2, 0.25) is 0 Å². The van der Waals surface area contributed by atoms with Crippen LogP contribution in [0.15, 0.2) is 30.5 Å². The van der Waals surface area contributed by atoms with Gasteiger partial charge in [-0.05, 0) is 43.9 Å². The molecule has 2 aromatic rings. The molecule has 1 atom stereocenters. The van der Waals surface area contributed by atoms with Gasteiger partial charge in [-0.1, -0.05) is 13.0 Å². The second kappa shape index (κ2) is 7.92. The normalized spacial score (nSPS) is 17.2. The molecule has 7 heteroatoms. The minimum Gasteiger partial charge on any atom is -0.339 e. The van der Waals surface area contributed by atoms with E-state index in [0.29, 0.717) is 17.8 Å². The van der Waals surface area contributed by atoms with E-state index in [1.807, 2.05) is 24.3 Å². The molecule has 0 aliphatic carbocycles. The van der Waals surface area contributed by atoms with Crippen molar-refractivity contribution in [1.82, 2.24) is 15.2 Å². The number of piperidine rings is 1. The van der Waals surface area contributed by atoms with Crippen LogP contribution in [0.5, 0.6) is 0 Å². The van der Waals surface area contributed by atoms with Crippen molar-refractivity contribution >= 4 is 29.0 Å². The summed E-state index contributed by atoms with van der Waals surface area (Å²) < 4.78 is 0. The number of amides is 1. The molecule has 1 aliphatic rings. The quantitative estimate of drug-likeness (QED) is 0.868. The highest BCUT2D eigenvalue weighted by Gasteiger charge is 2.23. The minimum absolute atomic E-state index is 0.0983. The standard InChI is InChI=1S/C18H24N6O/c1-3-16-9-4-5-10-24(16)18-22-17(12-19-23-18)21-15-8-6-7-14(11-15)20-13(2)25/h6-8,11-12,16H,3-5,9-10H2,1-2H3,(H,20,25)(H,21,22,23). The summed E-state index contributed by atoms with van der Waals surface area (Å²) in [7, 11) is 0. The van der Waals surface area contributed by atoms with Crippen molar-refractivity contribution in [2.45, 2.75) is 45.6 Å². The zero-order valence-corrected chi connectivity index (χ0v) is 14.7. The van der Waals surface area contributed by atoms with Gasteiger partial charge in [0.1, 0.15) is 0 Å². The highest BCUT2D eigenvalue weighted by Crippen LogP contribution is 2.25. The smallest absolute Gasteiger partial charge is 0.247 e. The average molecular weight is 340 g/mol. The molecular formula is C18H24N6O. The first-order chi connectivity index (χ1) is 12.2. The van der Waals surface area contributed by atoms with Gasteiger partial charge < -0.3 is 15.5 Å². The van der Waals surface area contributed by atoms with Gasteiger partial charge in [0.05, 0.1) is 6.20 Å². The molecule has 3 rings (SSSR count). The molecule has 1 fully saturated rings. The Hall–Kier alpha value is -2.70. The van der Waals surface area contributed by atoms with E-state index in [-0.39, 0.29) is 5.91 Å². The fraction of sp³-hybridized carbons (Fsp3) is 0.444. The number of hydrogen-bond acceptors (Lipinski definition) is 6. The lowest BCUT2D eigenvalue weighted by atomic mass is 10.0. The third-order valence-electron chi connectivity index (χ3n) is 4.36. The van der Waals surface area contributed by atoms with Gasteiger partial charge in [-0.3, -0.25) is 4.79 Å². The van der Waals surface area contributed by atoms with E-state index in [2.05, 4.69) is 37.6 Å². The maximum Gasteiger partial charge on any atom is 0.247 e. The number of nitrogens with one attached hydrogen (secondary N) is 2. The average Bonchev–Trinajstić information content (AvgIpc) is 2.61. The first-order valence-corrected chi connectivity index (χ1v) is 8.76. The number of anilines is 4. The maximum absolute atomic E-state index is 11.2. The van der Waals surface area contributed by atoms with Crippen LogP contribution in [0.1, 0.15) is 39.5 Å². The van der Waals surface area contributed by atoms with E-state index in [1.54, 1.807) is 6.20 Å². The van der Waals surface area contributed by atoms with Gasteiger partial charge in [-0.2, -0.15) is 10.1 Å². The Labute approximate surface area is 147 Å². The Morgan fingerprint density at radius 1 is 1.32 bits per heavy atom. The highest BCUT2D eigenvalue weighted by atomic mass is 16.1. The summed E-state index contributed by atoms with van der Waals surface area (Å²) in [6.45, 7) is 4.66. The van der Waals surface area contributed by atoms with E-state index in [1.165, 1.54) is 19.8 Å². The lowest BCUT2D eigenvalue weighted by Crippen LogP contribution is -2.40. The summed E-state index contributed by atoms with van der Waals surface area (Å²) in [6.07, 6.45) is 6.29. The van der Waals surface area contributed by atoms with Crippen LogP contribution >= 0.6 is 0 Å². The largest absolute Gasteiger partial charge is 0.339 e. The van der Waals surface area contributed by atoms with Crippen LogP contribution in [0.3, 0.4) is 0 Å². The van der Waals surface area contributed by atoms with Crippen molar-refractivity contribution < 1.29 is 4.79 Å². The van der Waals surface area contributed by atoms with Gasteiger partial charge in [-0.15, -0.1) is 5.10 Å². The Balaban J connectivity index is 1.76. The number of nitrogens with zero attached hydrogens (tertiary/aromatic N) is 4. The van der Waals surface area contributed by atoms with Gasteiger partial charge in [-0.25, -0.2) is 0 Å². The number of hydrogen-bond donors (Lipinski definition) is 2. The molecule has 0 spiro atoms. The fourth-order valence-corrected chi connectivity index (χ4v) is 3.19. The first-order valence-electron chi connectivity index (χ1n) is 8.76. The number of aromatic nitrogens is 3. The molecule has 7 nitrogen and oxygen atoms in total. The molecule has 0 saturated carbocycles. The summed E-state index contributed by atoms with van der Waals surface area (Å²) in [5.41, 5.74) is 1.57. The van der Waals surface area contributed by atoms with Crippen LogP contribution in [0, 0.1) is 0 Å². The van der Waals surface area contributed by atoms with Gasteiger partial charge in [0, 0.05) is 30.9 Å². The van der Waals surface area contributed by atoms with Crippen molar-refractivity contribution in [3.63, 3.8) is 0 Å². The Bertz CT molecular complexity index is 735. The van der Waals surface area contributed by atoms with E-state index in [4.69, 9.17) is 0 Å². The second-order valence-corrected chi connectivity index (χ2v) is 6.28. The third-order valence-corrected chi connectivity index (χ3v) is 4.36. The van der Waals surface area contributed by atoms with Gasteiger partial charge in [0.15, 0.2) is 5.82 Å². The van der Waals surface area contributed by atoms with Crippen molar-refractivity contribution in [3.8, 4) is 0 Å². The van der Waals surface area contributed by atoms with Gasteiger partial charge in [0.2, 0.25) is 11.9 Å². The SMILES string of the molecule is CCC1CCCCN1c1nncc(Nc2cccc(NC(C)=O)c2)n1. The second-order valence-electron chi connectivity index (χ2n) is 6.28. The Morgan fingerprint density at radius 2 is 2.16 bits per heavy atom. The number of benzene rings is 1. The van der Waals surface area contributed by atoms with Crippen molar-refractivity contribution in [1.29, 1.82) is 0 Å². The molecule has 132 valence electrons. The van der Waals surface area contributed by atoms with E-state index in [0.717, 1.165) is 30.8 Å². The molecule has 1 amide bonds. The molecule has 0 radical (unpaired) electrons. The summed E-state index contributed by atoms with van der Waals surface area (Å²) >= 11 is 0. The lowest BCUT2D eigenvalue weighted by molar-refractivity contribution is -0.114. The van der Waals surface area contributed by atoms with Crippen LogP contribution in [-0.4, -0.2) is 33.7 Å². The monoisotopic (exact) mass is 340 g/mol. The van der Waals surface area contributed by atoms with E-state index < -0.39 is 0 Å². The number of rotatable bonds is 5. The fourth-order valence-electron chi connectivity index (χ4n) is 3.19. The Morgan fingerprint density at radius 3 is 2.96 bits per heavy atom. The summed E-state index contributed by atoms with van der Waals surface area (Å²) in [4.78, 5) is 18.1. The molecule has 25 heavy (non-hydrogen) atoms. The van der Waals surface area contributed by atoms with Crippen LogP contribution < -0.4 is 15.5 Å². The molecule has 1 aromatic heterocycles. The lowest BCUT2D eigenvalue weighted by Gasteiger charge is -2.34. The van der Waals surface area contributed by atoms with Crippen molar-refractivity contribution in [2.24, 2.45) is 0 Å². The summed E-state index contributed by atoms with van der Waals surface area (Å²) in [5.74, 6) is 1.22. The molecule has 1 saturated heterocycles. The molecule has 1 aliphatic heterocycles. The maximum atomic E-state index is 11.2. The topological polar surface area (TPSA) is 83.0 Å². The molecular weight excluding hydrogens is 316 g/mol. The summed E-state index contributed by atoms with van der Waals surface area (Å²) in [5, 5.41) is 14.3. The van der Waals surface area contributed by atoms with Gasteiger partial charge in [0.25, 0.3) is 0 Å². The highest BCUT2D eigenvalue weighted by molar-refractivity contribution is 5.89. The molecule has 1 unspecified atom stereocenters. The minimum atomic E-state index is -0.0983. The summed E-state index contributed by atoms with van der Waals surface area (Å²) in [6, 6.07) is 7.98. The number of carbonyl (C=O) groups excluding carboxylic acids is 1. The van der Waals surface area contributed by atoms with Crippen molar-refractivity contribution in [2.75, 3.05) is 22.1 Å². The molecule has 1 aromatic carbocycles. The van der Waals surface area contributed by atoms with Gasteiger partial charge >= 0.3 is 0 Å². The van der Waals surface area contributed by atoms with E-state index >= 15 is 0 Å². The zero-order valence-electron chi connectivity index (χ0n) is 14.7. The third kappa shape index (κ3) is 4.43. The predicted molar refractivity (Wildman–Crippen MR) is 99.1 cm³/mol. The molecule has 0 bridgehead atoms. The van der Waals surface area contributed by atoms with Crippen molar-refractivity contribution in [3.05, 3.63) is 30.5 Å². The van der Waals surface area contributed by atoms with Crippen LogP contribution in [0.4, 0.5) is 23.1 Å². The van der Waals surface area contributed by atoms with Crippen LogP contribution in [0.25, 0.3) is 0 Å². The van der Waals surface area contributed by atoms with Crippen LogP contribution in [-0.2, 0) is 4.79 Å². The first kappa shape index (κ1) is 17.1. The predicted octanol–water partition coefficient (Wildman–Crippen LogP) is 3.34. The zero-order chi connectivity index (χ0) is 17.6. The molecule has 2 N–H and O–H groups in total.